The van der Waals surface area contributed by atoms with Crippen molar-refractivity contribution in [2.45, 2.75) is 26.4 Å². The fourth-order valence-electron chi connectivity index (χ4n) is 4.26. The molecular formula is C30H32N6O4S. The number of rotatable bonds is 7. The van der Waals surface area contributed by atoms with Crippen molar-refractivity contribution in [3.63, 3.8) is 0 Å². The minimum atomic E-state index is -0.503. The van der Waals surface area contributed by atoms with Crippen LogP contribution in [0.25, 0.3) is 10.2 Å². The normalized spacial score (nSPS) is 13.5. The van der Waals surface area contributed by atoms with Crippen molar-refractivity contribution in [3.05, 3.63) is 72.6 Å². The van der Waals surface area contributed by atoms with E-state index in [2.05, 4.69) is 32.1 Å². The van der Waals surface area contributed by atoms with Crippen molar-refractivity contribution < 1.29 is 19.1 Å². The van der Waals surface area contributed by atoms with Crippen molar-refractivity contribution >= 4 is 56.6 Å². The maximum atomic E-state index is 12.4. The first-order chi connectivity index (χ1) is 19.7. The largest absolute Gasteiger partial charge is 0.444 e. The number of amides is 2. The first-order valence-electron chi connectivity index (χ1n) is 13.2. The van der Waals surface area contributed by atoms with Gasteiger partial charge in [0.05, 0.1) is 5.52 Å². The zero-order valence-corrected chi connectivity index (χ0v) is 24.0. The number of ether oxygens (including phenoxy) is 2. The number of nitrogens with zero attached hydrogens (tertiary/aromatic N) is 4. The van der Waals surface area contributed by atoms with Gasteiger partial charge in [-0.05, 0) is 74.7 Å². The summed E-state index contributed by atoms with van der Waals surface area (Å²) in [6, 6.07) is 17.0. The van der Waals surface area contributed by atoms with Crippen LogP contribution in [0.15, 0.2) is 72.6 Å². The van der Waals surface area contributed by atoms with E-state index in [1.807, 2.05) is 56.5 Å². The lowest BCUT2D eigenvalue weighted by Gasteiger charge is -2.36. The number of hydrogen-bond donors (Lipinski definition) is 2. The second-order valence-corrected chi connectivity index (χ2v) is 11.4. The lowest BCUT2D eigenvalue weighted by molar-refractivity contribution is -0.111. The summed E-state index contributed by atoms with van der Waals surface area (Å²) in [4.78, 5) is 37.3. The number of carbonyl (C=O) groups is 2. The highest BCUT2D eigenvalue weighted by Crippen LogP contribution is 2.34. The number of fused-ring (bicyclic) bond motifs is 1. The van der Waals surface area contributed by atoms with Gasteiger partial charge >= 0.3 is 6.09 Å². The van der Waals surface area contributed by atoms with Gasteiger partial charge in [0.1, 0.15) is 16.1 Å². The molecule has 2 N–H and O–H groups in total. The van der Waals surface area contributed by atoms with E-state index in [1.54, 1.807) is 29.2 Å². The topological polar surface area (TPSA) is 109 Å². The second-order valence-electron chi connectivity index (χ2n) is 10.4. The van der Waals surface area contributed by atoms with Crippen molar-refractivity contribution in [1.82, 2.24) is 14.9 Å². The van der Waals surface area contributed by atoms with Gasteiger partial charge in [-0.2, -0.15) is 4.98 Å². The third-order valence-corrected chi connectivity index (χ3v) is 7.09. The second kappa shape index (κ2) is 11.8. The molecule has 1 saturated heterocycles. The maximum absolute atomic E-state index is 12.4. The smallest absolute Gasteiger partial charge is 0.410 e. The lowest BCUT2D eigenvalue weighted by Crippen LogP contribution is -2.50. The van der Waals surface area contributed by atoms with E-state index in [0.717, 1.165) is 34.7 Å². The van der Waals surface area contributed by atoms with Crippen LogP contribution < -0.4 is 20.3 Å². The molecule has 5 rings (SSSR count). The molecule has 1 fully saturated rings. The highest BCUT2D eigenvalue weighted by atomic mass is 32.1. The van der Waals surface area contributed by atoms with Gasteiger partial charge in [0.2, 0.25) is 17.7 Å². The van der Waals surface area contributed by atoms with Gasteiger partial charge in [0.25, 0.3) is 0 Å². The van der Waals surface area contributed by atoms with Gasteiger partial charge in [-0.15, -0.1) is 11.3 Å². The van der Waals surface area contributed by atoms with Crippen LogP contribution in [0.4, 0.5) is 27.8 Å². The SMILES string of the molecule is C=CC(=O)Nc1cccc(Oc2nc(Nc3ccc(N4CCN(C(=O)OC(C)(C)C)CC4)cc3)nc3ccsc23)c1. The van der Waals surface area contributed by atoms with Crippen LogP contribution in [0.5, 0.6) is 11.6 Å². The van der Waals surface area contributed by atoms with Crippen LogP contribution in [0, 0.1) is 0 Å². The maximum Gasteiger partial charge on any atom is 0.410 e. The minimum absolute atomic E-state index is 0.269. The molecule has 41 heavy (non-hydrogen) atoms. The highest BCUT2D eigenvalue weighted by Gasteiger charge is 2.26. The third kappa shape index (κ3) is 7.12. The van der Waals surface area contributed by atoms with Crippen LogP contribution >= 0.6 is 11.3 Å². The van der Waals surface area contributed by atoms with E-state index in [4.69, 9.17) is 9.47 Å². The van der Waals surface area contributed by atoms with Crippen molar-refractivity contribution in [2.24, 2.45) is 0 Å². The van der Waals surface area contributed by atoms with Gasteiger partial charge in [-0.1, -0.05) is 12.6 Å². The van der Waals surface area contributed by atoms with E-state index in [9.17, 15) is 9.59 Å². The standard InChI is InChI=1S/C30H32N6O4S/c1-5-25(37)31-21-7-6-8-23(19-21)39-27-26-24(13-18-41-26)33-28(34-27)32-20-9-11-22(12-10-20)35-14-16-36(17-15-35)29(38)40-30(2,3)4/h5-13,18-19H,1,14-17H2,2-4H3,(H,31,37)(H,32,33,34). The number of benzene rings is 2. The van der Waals surface area contributed by atoms with Crippen LogP contribution in [0.1, 0.15) is 20.8 Å². The Balaban J connectivity index is 1.25. The van der Waals surface area contributed by atoms with E-state index >= 15 is 0 Å². The zero-order valence-electron chi connectivity index (χ0n) is 23.2. The Hall–Kier alpha value is -4.64. The molecule has 1 aliphatic rings. The van der Waals surface area contributed by atoms with Crippen LogP contribution in [0.2, 0.25) is 0 Å². The predicted molar refractivity (Wildman–Crippen MR) is 163 cm³/mol. The number of anilines is 4. The Morgan fingerprint density at radius 1 is 1.00 bits per heavy atom. The summed E-state index contributed by atoms with van der Waals surface area (Å²) in [5.74, 6) is 1.05. The Labute approximate surface area is 242 Å². The molecule has 0 unspecified atom stereocenters. The molecule has 2 aromatic heterocycles. The summed E-state index contributed by atoms with van der Waals surface area (Å²) < 4.78 is 12.4. The average molecular weight is 573 g/mol. The molecule has 3 heterocycles. The van der Waals surface area contributed by atoms with E-state index < -0.39 is 5.60 Å². The Bertz CT molecular complexity index is 1560. The first kappa shape index (κ1) is 27.9. The first-order valence-corrected chi connectivity index (χ1v) is 14.1. The summed E-state index contributed by atoms with van der Waals surface area (Å²) in [5.41, 5.74) is 2.75. The van der Waals surface area contributed by atoms with Crippen LogP contribution in [0.3, 0.4) is 0 Å². The fraction of sp³-hybridized carbons (Fsp3) is 0.267. The molecule has 11 heteroatoms. The van der Waals surface area contributed by atoms with Crippen molar-refractivity contribution in [1.29, 1.82) is 0 Å². The lowest BCUT2D eigenvalue weighted by atomic mass is 10.2. The highest BCUT2D eigenvalue weighted by molar-refractivity contribution is 7.17. The number of piperazine rings is 1. The summed E-state index contributed by atoms with van der Waals surface area (Å²) in [6.45, 7) is 11.8. The summed E-state index contributed by atoms with van der Waals surface area (Å²) in [5, 5.41) is 7.95. The average Bonchev–Trinajstić information content (AvgIpc) is 3.42. The Morgan fingerprint density at radius 3 is 2.46 bits per heavy atom. The number of thiophene rings is 1. The molecule has 2 aromatic carbocycles. The molecule has 212 valence electrons. The number of nitrogens with one attached hydrogen (secondary N) is 2. The molecule has 0 bridgehead atoms. The Morgan fingerprint density at radius 2 is 1.76 bits per heavy atom. The van der Waals surface area contributed by atoms with Gasteiger partial charge in [0.15, 0.2) is 0 Å². The molecule has 10 nitrogen and oxygen atoms in total. The number of aromatic nitrogens is 2. The predicted octanol–water partition coefficient (Wildman–Crippen LogP) is 6.41. The van der Waals surface area contributed by atoms with Crippen molar-refractivity contribution in [3.8, 4) is 11.6 Å². The van der Waals surface area contributed by atoms with Crippen LogP contribution in [-0.4, -0.2) is 58.6 Å². The van der Waals surface area contributed by atoms with Gasteiger partial charge in [-0.25, -0.2) is 9.78 Å². The van der Waals surface area contributed by atoms with E-state index in [-0.39, 0.29) is 12.0 Å². The van der Waals surface area contributed by atoms with Crippen LogP contribution in [-0.2, 0) is 9.53 Å². The molecule has 0 aliphatic carbocycles. The zero-order chi connectivity index (χ0) is 29.0. The van der Waals surface area contributed by atoms with Gasteiger partial charge in [-0.3, -0.25) is 4.79 Å². The molecule has 2 amide bonds. The molecule has 0 radical (unpaired) electrons. The molecule has 4 aromatic rings. The van der Waals surface area contributed by atoms with Crippen molar-refractivity contribution in [2.75, 3.05) is 41.7 Å². The van der Waals surface area contributed by atoms with E-state index in [1.165, 1.54) is 17.4 Å². The quantitative estimate of drug-likeness (QED) is 0.245. The number of hydrogen-bond acceptors (Lipinski definition) is 9. The summed E-state index contributed by atoms with van der Waals surface area (Å²) >= 11 is 1.49. The fourth-order valence-corrected chi connectivity index (χ4v) is 5.02. The van der Waals surface area contributed by atoms with E-state index in [0.29, 0.717) is 36.4 Å². The molecule has 0 saturated carbocycles. The minimum Gasteiger partial charge on any atom is -0.444 e. The third-order valence-electron chi connectivity index (χ3n) is 6.19. The molecular weight excluding hydrogens is 540 g/mol. The monoisotopic (exact) mass is 572 g/mol. The molecule has 1 aliphatic heterocycles. The van der Waals surface area contributed by atoms with Gasteiger partial charge < -0.3 is 29.9 Å². The van der Waals surface area contributed by atoms with Gasteiger partial charge in [0, 0.05) is 49.3 Å². The molecule has 0 atom stereocenters. The Kier molecular flexibility index (Phi) is 8.06. The summed E-state index contributed by atoms with van der Waals surface area (Å²) in [6.07, 6.45) is 0.944. The summed E-state index contributed by atoms with van der Waals surface area (Å²) in [7, 11) is 0. The number of carbonyl (C=O) groups excluding carboxylic acids is 2. The molecule has 0 spiro atoms.